The number of rotatable bonds is 7. The summed E-state index contributed by atoms with van der Waals surface area (Å²) < 4.78 is 5.48. The van der Waals surface area contributed by atoms with Crippen molar-refractivity contribution < 1.29 is 14.3 Å². The van der Waals surface area contributed by atoms with Crippen LogP contribution < -0.4 is 10.1 Å². The second-order valence-corrected chi connectivity index (χ2v) is 7.01. The average molecular weight is 365 g/mol. The monoisotopic (exact) mass is 365 g/mol. The van der Waals surface area contributed by atoms with Gasteiger partial charge >= 0.3 is 0 Å². The van der Waals surface area contributed by atoms with Crippen molar-refractivity contribution in [3.63, 3.8) is 0 Å². The van der Waals surface area contributed by atoms with Gasteiger partial charge in [0.05, 0.1) is 11.4 Å². The van der Waals surface area contributed by atoms with Gasteiger partial charge < -0.3 is 10.1 Å². The number of aryl methyl sites for hydroxylation is 1. The van der Waals surface area contributed by atoms with Gasteiger partial charge in [-0.1, -0.05) is 42.5 Å². The van der Waals surface area contributed by atoms with Crippen LogP contribution in [0.25, 0.3) is 0 Å². The normalized spacial score (nSPS) is 10.3. The first-order valence-corrected chi connectivity index (χ1v) is 9.08. The zero-order chi connectivity index (χ0) is 18.4. The maximum Gasteiger partial charge on any atom is 0.258 e. The predicted molar refractivity (Wildman–Crippen MR) is 103 cm³/mol. The average Bonchev–Trinajstić information content (AvgIpc) is 3.14. The molecule has 0 aliphatic carbocycles. The zero-order valence-electron chi connectivity index (χ0n) is 14.4. The maximum absolute atomic E-state index is 12.4. The van der Waals surface area contributed by atoms with Crippen molar-refractivity contribution in [2.75, 3.05) is 6.61 Å². The molecule has 1 N–H and O–H groups in total. The number of nitrogens with one attached hydrogen (secondary N) is 1. The second-order valence-electron chi connectivity index (χ2n) is 5.84. The number of hydrogen-bond donors (Lipinski definition) is 1. The Hall–Kier alpha value is -2.92. The van der Waals surface area contributed by atoms with E-state index in [0.717, 1.165) is 10.4 Å². The lowest BCUT2D eigenvalue weighted by atomic mass is 10.1. The second kappa shape index (κ2) is 8.45. The molecule has 0 fully saturated rings. The van der Waals surface area contributed by atoms with Crippen molar-refractivity contribution in [1.82, 2.24) is 5.32 Å². The Balaban J connectivity index is 1.50. The summed E-state index contributed by atoms with van der Waals surface area (Å²) in [5.74, 6) is 0.471. The molecule has 0 unspecified atom stereocenters. The van der Waals surface area contributed by atoms with Crippen molar-refractivity contribution in [3.05, 3.63) is 87.6 Å². The van der Waals surface area contributed by atoms with Gasteiger partial charge in [0.2, 0.25) is 5.78 Å². The lowest BCUT2D eigenvalue weighted by Crippen LogP contribution is -2.28. The van der Waals surface area contributed by atoms with Crippen LogP contribution in [0.4, 0.5) is 0 Å². The fourth-order valence-corrected chi connectivity index (χ4v) is 3.33. The standard InChI is InChI=1S/C21H19NO3S/c1-15-6-5-9-17(12-15)25-14-20(23)22-13-18-10-11-19(26-18)21(24)16-7-3-2-4-8-16/h2-12H,13-14H2,1H3,(H,22,23). The summed E-state index contributed by atoms with van der Waals surface area (Å²) in [5, 5.41) is 2.81. The highest BCUT2D eigenvalue weighted by atomic mass is 32.1. The summed E-state index contributed by atoms with van der Waals surface area (Å²) in [7, 11) is 0. The fraction of sp³-hybridized carbons (Fsp3) is 0.143. The molecule has 2 aromatic carbocycles. The molecule has 5 heteroatoms. The molecular weight excluding hydrogens is 346 g/mol. The highest BCUT2D eigenvalue weighted by Crippen LogP contribution is 2.20. The van der Waals surface area contributed by atoms with Crippen molar-refractivity contribution in [2.24, 2.45) is 0 Å². The van der Waals surface area contributed by atoms with Crippen molar-refractivity contribution in [1.29, 1.82) is 0 Å². The first-order chi connectivity index (χ1) is 12.6. The van der Waals surface area contributed by atoms with Gasteiger partial charge in [-0.25, -0.2) is 0 Å². The number of ketones is 1. The molecule has 3 aromatic rings. The molecule has 1 aromatic heterocycles. The molecule has 4 nitrogen and oxygen atoms in total. The first-order valence-electron chi connectivity index (χ1n) is 8.26. The predicted octanol–water partition coefficient (Wildman–Crippen LogP) is 3.98. The molecule has 0 saturated carbocycles. The lowest BCUT2D eigenvalue weighted by Gasteiger charge is -2.07. The summed E-state index contributed by atoms with van der Waals surface area (Å²) in [5.41, 5.74) is 1.74. The summed E-state index contributed by atoms with van der Waals surface area (Å²) in [4.78, 5) is 25.9. The molecule has 0 aliphatic rings. The minimum atomic E-state index is -0.198. The minimum Gasteiger partial charge on any atom is -0.484 e. The van der Waals surface area contributed by atoms with Crippen LogP contribution in [0.2, 0.25) is 0 Å². The molecular formula is C21H19NO3S. The SMILES string of the molecule is Cc1cccc(OCC(=O)NCc2ccc(C(=O)c3ccccc3)s2)c1. The molecule has 1 amide bonds. The molecule has 0 saturated heterocycles. The zero-order valence-corrected chi connectivity index (χ0v) is 15.2. The van der Waals surface area contributed by atoms with Gasteiger partial charge in [0.1, 0.15) is 5.75 Å². The van der Waals surface area contributed by atoms with Crippen molar-refractivity contribution in [2.45, 2.75) is 13.5 Å². The summed E-state index contributed by atoms with van der Waals surface area (Å²) in [6, 6.07) is 20.4. The van der Waals surface area contributed by atoms with E-state index in [1.54, 1.807) is 18.2 Å². The Labute approximate surface area is 156 Å². The highest BCUT2D eigenvalue weighted by Gasteiger charge is 2.12. The smallest absolute Gasteiger partial charge is 0.258 e. The largest absolute Gasteiger partial charge is 0.484 e. The van der Waals surface area contributed by atoms with Crippen LogP contribution in [0.3, 0.4) is 0 Å². The first kappa shape index (κ1) is 17.9. The van der Waals surface area contributed by atoms with Gasteiger partial charge in [-0.2, -0.15) is 0 Å². The molecule has 0 radical (unpaired) electrons. The van der Waals surface area contributed by atoms with Crippen LogP contribution in [-0.4, -0.2) is 18.3 Å². The third-order valence-corrected chi connectivity index (χ3v) is 4.82. The van der Waals surface area contributed by atoms with E-state index in [-0.39, 0.29) is 18.3 Å². The van der Waals surface area contributed by atoms with E-state index >= 15 is 0 Å². The van der Waals surface area contributed by atoms with Gasteiger partial charge in [0.15, 0.2) is 6.61 Å². The van der Waals surface area contributed by atoms with Gasteiger partial charge in [0.25, 0.3) is 5.91 Å². The van der Waals surface area contributed by atoms with Gasteiger partial charge in [-0.15, -0.1) is 11.3 Å². The highest BCUT2D eigenvalue weighted by molar-refractivity contribution is 7.14. The number of hydrogen-bond acceptors (Lipinski definition) is 4. The molecule has 0 atom stereocenters. The van der Waals surface area contributed by atoms with Crippen LogP contribution >= 0.6 is 11.3 Å². The van der Waals surface area contributed by atoms with E-state index in [0.29, 0.717) is 22.7 Å². The Morgan fingerprint density at radius 1 is 1.00 bits per heavy atom. The number of thiophene rings is 1. The lowest BCUT2D eigenvalue weighted by molar-refractivity contribution is -0.123. The maximum atomic E-state index is 12.4. The van der Waals surface area contributed by atoms with Crippen LogP contribution in [0, 0.1) is 6.92 Å². The van der Waals surface area contributed by atoms with Gasteiger partial charge in [-0.3, -0.25) is 9.59 Å². The fourth-order valence-electron chi connectivity index (χ4n) is 2.42. The van der Waals surface area contributed by atoms with E-state index < -0.39 is 0 Å². The van der Waals surface area contributed by atoms with Crippen LogP contribution in [0.15, 0.2) is 66.7 Å². The third-order valence-electron chi connectivity index (χ3n) is 3.74. The van der Waals surface area contributed by atoms with E-state index in [4.69, 9.17) is 4.74 Å². The van der Waals surface area contributed by atoms with Crippen LogP contribution in [0.1, 0.15) is 25.7 Å². The molecule has 26 heavy (non-hydrogen) atoms. The van der Waals surface area contributed by atoms with Gasteiger partial charge in [-0.05, 0) is 36.8 Å². The van der Waals surface area contributed by atoms with Gasteiger partial charge in [0, 0.05) is 10.4 Å². The third kappa shape index (κ3) is 4.80. The molecule has 132 valence electrons. The van der Waals surface area contributed by atoms with Crippen LogP contribution in [-0.2, 0) is 11.3 Å². The Bertz CT molecular complexity index is 902. The molecule has 0 spiro atoms. The molecule has 0 aliphatic heterocycles. The number of carbonyl (C=O) groups excluding carboxylic acids is 2. The molecule has 0 bridgehead atoms. The topological polar surface area (TPSA) is 55.4 Å². The minimum absolute atomic E-state index is 0.00374. The number of ether oxygens (including phenoxy) is 1. The molecule has 1 heterocycles. The van der Waals surface area contributed by atoms with Crippen molar-refractivity contribution in [3.8, 4) is 5.75 Å². The summed E-state index contributed by atoms with van der Waals surface area (Å²) >= 11 is 1.39. The number of benzene rings is 2. The Morgan fingerprint density at radius 2 is 1.81 bits per heavy atom. The number of carbonyl (C=O) groups is 2. The summed E-state index contributed by atoms with van der Waals surface area (Å²) in [6.07, 6.45) is 0. The van der Waals surface area contributed by atoms with E-state index in [1.807, 2.05) is 55.5 Å². The Morgan fingerprint density at radius 3 is 2.58 bits per heavy atom. The van der Waals surface area contributed by atoms with Crippen molar-refractivity contribution >= 4 is 23.0 Å². The Kier molecular flexibility index (Phi) is 5.81. The van der Waals surface area contributed by atoms with E-state index in [1.165, 1.54) is 11.3 Å². The number of amides is 1. The van der Waals surface area contributed by atoms with E-state index in [9.17, 15) is 9.59 Å². The molecule has 3 rings (SSSR count). The van der Waals surface area contributed by atoms with Crippen LogP contribution in [0.5, 0.6) is 5.75 Å². The summed E-state index contributed by atoms with van der Waals surface area (Å²) in [6.45, 7) is 2.31. The van der Waals surface area contributed by atoms with E-state index in [2.05, 4.69) is 5.32 Å². The quantitative estimate of drug-likeness (QED) is 0.644.